The van der Waals surface area contributed by atoms with E-state index in [1.807, 2.05) is 18.4 Å². The number of allylic oxidation sites excluding steroid dienone is 2. The Bertz CT molecular complexity index is 394. The minimum absolute atomic E-state index is 0.133. The van der Waals surface area contributed by atoms with E-state index in [2.05, 4.69) is 6.07 Å². The molecule has 0 radical (unpaired) electrons. The van der Waals surface area contributed by atoms with Gasteiger partial charge in [0, 0.05) is 15.8 Å². The summed E-state index contributed by atoms with van der Waals surface area (Å²) in [6.07, 6.45) is 3.35. The van der Waals surface area contributed by atoms with Gasteiger partial charge in [-0.25, -0.2) is 0 Å². The lowest BCUT2D eigenvalue weighted by Gasteiger charge is -1.93. The zero-order valence-electron chi connectivity index (χ0n) is 7.24. The highest BCUT2D eigenvalue weighted by atomic mass is 32.2. The Kier molecular flexibility index (Phi) is 3.87. The maximum absolute atomic E-state index is 10.8. The van der Waals surface area contributed by atoms with Crippen molar-refractivity contribution in [1.82, 2.24) is 0 Å². The van der Waals surface area contributed by atoms with Gasteiger partial charge >= 0.3 is 0 Å². The smallest absolute Gasteiger partial charge is 0.265 e. The highest BCUT2D eigenvalue weighted by molar-refractivity contribution is 7.26. The predicted octanol–water partition coefficient (Wildman–Crippen LogP) is 2.57. The molecule has 0 atom stereocenters. The van der Waals surface area contributed by atoms with Crippen LogP contribution >= 0.6 is 22.7 Å². The Hall–Kier alpha value is -0.920. The summed E-state index contributed by atoms with van der Waals surface area (Å²) in [6, 6.07) is 2.12. The molecule has 0 fully saturated rings. The summed E-state index contributed by atoms with van der Waals surface area (Å²) in [4.78, 5) is 11.9. The van der Waals surface area contributed by atoms with Crippen molar-refractivity contribution in [2.45, 2.75) is 19.8 Å². The topological polar surface area (TPSA) is 40.9 Å². The van der Waals surface area contributed by atoms with Crippen molar-refractivity contribution in [2.24, 2.45) is 0 Å². The Morgan fingerprint density at radius 3 is 3.00 bits per heavy atom. The summed E-state index contributed by atoms with van der Waals surface area (Å²) in [5.41, 5.74) is 0.783. The maximum Gasteiger partial charge on any atom is 0.287 e. The van der Waals surface area contributed by atoms with Crippen molar-refractivity contribution in [2.75, 3.05) is 0 Å². The fourth-order valence-electron chi connectivity index (χ4n) is 0.902. The summed E-state index contributed by atoms with van der Waals surface area (Å²) in [5.74, 6) is 0. The van der Waals surface area contributed by atoms with Crippen molar-refractivity contribution in [3.05, 3.63) is 30.8 Å². The first-order valence-electron chi connectivity index (χ1n) is 3.89. The molecule has 2 nitrogen and oxygen atoms in total. The summed E-state index contributed by atoms with van der Waals surface area (Å²) in [5, 5.41) is 10.5. The molecule has 1 heterocycles. The number of aryl methyl sites for hydroxylation is 1. The lowest BCUT2D eigenvalue weighted by Crippen LogP contribution is -1.84. The van der Waals surface area contributed by atoms with Crippen LogP contribution in [-0.4, -0.2) is 0 Å². The van der Waals surface area contributed by atoms with Gasteiger partial charge in [0.1, 0.15) is 0 Å². The van der Waals surface area contributed by atoms with Crippen LogP contribution in [0.25, 0.3) is 0 Å². The van der Waals surface area contributed by atoms with Crippen LogP contribution in [0.2, 0.25) is 0 Å². The van der Waals surface area contributed by atoms with E-state index >= 15 is 0 Å². The molecule has 4 heteroatoms. The van der Waals surface area contributed by atoms with Gasteiger partial charge in [0.05, 0.1) is 6.07 Å². The van der Waals surface area contributed by atoms with Crippen LogP contribution < -0.4 is 4.06 Å². The highest BCUT2D eigenvalue weighted by Crippen LogP contribution is 2.12. The quantitative estimate of drug-likeness (QED) is 0.721. The molecule has 1 rings (SSSR count). The van der Waals surface area contributed by atoms with E-state index in [9.17, 15) is 4.79 Å². The Morgan fingerprint density at radius 1 is 1.77 bits per heavy atom. The number of nitriles is 1. The van der Waals surface area contributed by atoms with Gasteiger partial charge < -0.3 is 0 Å². The zero-order chi connectivity index (χ0) is 9.68. The number of rotatable bonds is 3. The van der Waals surface area contributed by atoms with Crippen LogP contribution in [0.1, 0.15) is 18.2 Å². The third kappa shape index (κ3) is 3.13. The summed E-state index contributed by atoms with van der Waals surface area (Å²) in [6.45, 7) is 1.86. The molecule has 0 aliphatic carbocycles. The van der Waals surface area contributed by atoms with E-state index in [0.717, 1.165) is 23.3 Å². The van der Waals surface area contributed by atoms with Gasteiger partial charge in [-0.15, -0.1) is 0 Å². The molecule has 0 N–H and O–H groups in total. The third-order valence-electron chi connectivity index (χ3n) is 1.63. The normalized spacial score (nSPS) is 11.2. The number of nitrogens with zero attached hydrogens (tertiary/aromatic N) is 1. The van der Waals surface area contributed by atoms with Gasteiger partial charge in [-0.2, -0.15) is 5.26 Å². The van der Waals surface area contributed by atoms with Crippen molar-refractivity contribution >= 4 is 22.7 Å². The van der Waals surface area contributed by atoms with Crippen LogP contribution in [0.15, 0.2) is 21.8 Å². The second kappa shape index (κ2) is 4.95. The monoisotopic (exact) mass is 211 g/mol. The maximum atomic E-state index is 10.8. The molecule has 0 amide bonds. The molecule has 1 aromatic heterocycles. The van der Waals surface area contributed by atoms with Crippen molar-refractivity contribution in [3.8, 4) is 6.07 Å². The van der Waals surface area contributed by atoms with Gasteiger partial charge in [0.15, 0.2) is 0 Å². The summed E-state index contributed by atoms with van der Waals surface area (Å²) in [7, 11) is 0. The molecule has 0 saturated heterocycles. The molecule has 68 valence electrons. The Morgan fingerprint density at radius 2 is 2.54 bits per heavy atom. The first kappa shape index (κ1) is 10.2. The first-order valence-corrected chi connectivity index (χ1v) is 5.58. The molecule has 0 unspecified atom stereocenters. The fraction of sp³-hybridized carbons (Fsp3) is 0.333. The summed E-state index contributed by atoms with van der Waals surface area (Å²) >= 11 is 2.51. The third-order valence-corrected chi connectivity index (χ3v) is 3.67. The van der Waals surface area contributed by atoms with Crippen LogP contribution in [-0.2, 0) is 6.42 Å². The predicted molar refractivity (Wildman–Crippen MR) is 56.2 cm³/mol. The molecule has 0 spiro atoms. The molecule has 0 aromatic carbocycles. The van der Waals surface area contributed by atoms with Crippen molar-refractivity contribution < 1.29 is 0 Å². The van der Waals surface area contributed by atoms with E-state index in [4.69, 9.17) is 5.26 Å². The van der Waals surface area contributed by atoms with Crippen LogP contribution in [0, 0.1) is 11.3 Å². The lowest BCUT2D eigenvalue weighted by molar-refractivity contribution is 0.988. The average Bonchev–Trinajstić information content (AvgIpc) is 2.53. The van der Waals surface area contributed by atoms with E-state index in [-0.39, 0.29) is 4.06 Å². The molecule has 0 aliphatic rings. The molecule has 0 aliphatic heterocycles. The zero-order valence-corrected chi connectivity index (χ0v) is 8.87. The lowest BCUT2D eigenvalue weighted by atomic mass is 10.1. The van der Waals surface area contributed by atoms with E-state index in [1.165, 1.54) is 22.7 Å². The second-order valence-electron chi connectivity index (χ2n) is 2.48. The molecule has 0 saturated carbocycles. The molecule has 0 bridgehead atoms. The minimum atomic E-state index is 0.133. The Balaban J connectivity index is 2.53. The van der Waals surface area contributed by atoms with Gasteiger partial charge in [0.25, 0.3) is 4.06 Å². The van der Waals surface area contributed by atoms with Crippen molar-refractivity contribution in [1.29, 1.82) is 5.26 Å². The minimum Gasteiger partial charge on any atom is -0.265 e. The van der Waals surface area contributed by atoms with E-state index in [1.54, 1.807) is 0 Å². The van der Waals surface area contributed by atoms with Gasteiger partial charge in [-0.05, 0) is 19.8 Å². The fourth-order valence-corrected chi connectivity index (χ4v) is 2.66. The standard InChI is InChI=1S/C9H9NOS2/c1-2-7(5-10)3-4-8-6-12-9(11)13-8/h2,6H,3-4H2,1H3/b7-2-. The molecular formula is C9H9NOS2. The SMILES string of the molecule is C/C=C(\C#N)CCc1csc(=O)s1. The number of hydrogen-bond donors (Lipinski definition) is 0. The van der Waals surface area contributed by atoms with Gasteiger partial charge in [-0.3, -0.25) is 4.79 Å². The first-order chi connectivity index (χ1) is 6.26. The van der Waals surface area contributed by atoms with Crippen molar-refractivity contribution in [3.63, 3.8) is 0 Å². The van der Waals surface area contributed by atoms with Crippen LogP contribution in [0.4, 0.5) is 0 Å². The second-order valence-corrected chi connectivity index (χ2v) is 4.68. The molecule has 1 aromatic rings. The van der Waals surface area contributed by atoms with E-state index in [0.29, 0.717) is 0 Å². The van der Waals surface area contributed by atoms with Crippen LogP contribution in [0.3, 0.4) is 0 Å². The van der Waals surface area contributed by atoms with Gasteiger partial charge in [-0.1, -0.05) is 28.7 Å². The highest BCUT2D eigenvalue weighted by Gasteiger charge is 1.99. The van der Waals surface area contributed by atoms with Crippen LogP contribution in [0.5, 0.6) is 0 Å². The Labute approximate surface area is 84.8 Å². The summed E-state index contributed by atoms with van der Waals surface area (Å²) < 4.78 is 0.133. The average molecular weight is 211 g/mol. The molecule has 13 heavy (non-hydrogen) atoms. The van der Waals surface area contributed by atoms with E-state index < -0.39 is 0 Å². The largest absolute Gasteiger partial charge is 0.287 e. The number of hydrogen-bond acceptors (Lipinski definition) is 4. The van der Waals surface area contributed by atoms with Gasteiger partial charge in [0.2, 0.25) is 0 Å². The molecular weight excluding hydrogens is 202 g/mol.